The van der Waals surface area contributed by atoms with Crippen LogP contribution < -0.4 is 10.2 Å². The van der Waals surface area contributed by atoms with E-state index in [1.807, 2.05) is 24.3 Å². The fourth-order valence-corrected chi connectivity index (χ4v) is 2.50. The van der Waals surface area contributed by atoms with Crippen LogP contribution in [0.5, 0.6) is 5.75 Å². The zero-order chi connectivity index (χ0) is 18.5. The summed E-state index contributed by atoms with van der Waals surface area (Å²) in [4.78, 5) is 16.3. The molecule has 0 aliphatic rings. The molecule has 3 aromatic rings. The third-order valence-corrected chi connectivity index (χ3v) is 3.68. The van der Waals surface area contributed by atoms with Gasteiger partial charge in [-0.1, -0.05) is 24.3 Å². The lowest BCUT2D eigenvalue weighted by atomic mass is 10.1. The lowest BCUT2D eigenvalue weighted by molar-refractivity contribution is -0.121. The van der Waals surface area contributed by atoms with E-state index < -0.39 is 6.61 Å². The van der Waals surface area contributed by atoms with Crippen molar-refractivity contribution in [3.05, 3.63) is 60.4 Å². The first-order chi connectivity index (χ1) is 12.5. The molecule has 0 saturated carbocycles. The van der Waals surface area contributed by atoms with E-state index in [1.54, 1.807) is 36.0 Å². The number of carbonyl (C=O) groups excluding carboxylic acids is 1. The van der Waals surface area contributed by atoms with E-state index in [4.69, 9.17) is 0 Å². The summed E-state index contributed by atoms with van der Waals surface area (Å²) >= 11 is 0. The normalized spacial score (nSPS) is 11.8. The minimum atomic E-state index is -2.94. The number of ether oxygens (including phenoxy) is 1. The quantitative estimate of drug-likeness (QED) is 0.544. The van der Waals surface area contributed by atoms with Crippen LogP contribution in [0.3, 0.4) is 0 Å². The number of nitrogens with one attached hydrogen (secondary N) is 1. The highest BCUT2D eigenvalue weighted by Gasteiger charge is 2.12. The molecule has 1 aromatic heterocycles. The average molecular weight is 358 g/mol. The summed E-state index contributed by atoms with van der Waals surface area (Å²) in [5.41, 5.74) is 4.77. The minimum Gasteiger partial charge on any atom is -0.434 e. The fraction of sp³-hybridized carbons (Fsp3) is 0.167. The number of para-hydroxylation sites is 3. The van der Waals surface area contributed by atoms with E-state index in [1.165, 1.54) is 6.07 Å². The van der Waals surface area contributed by atoms with Gasteiger partial charge in [-0.25, -0.2) is 10.4 Å². The van der Waals surface area contributed by atoms with Gasteiger partial charge in [-0.2, -0.15) is 13.9 Å². The molecule has 0 aliphatic carbocycles. The fourth-order valence-electron chi connectivity index (χ4n) is 2.50. The number of alkyl halides is 2. The molecule has 134 valence electrons. The molecule has 0 aliphatic heterocycles. The highest BCUT2D eigenvalue weighted by atomic mass is 19.3. The van der Waals surface area contributed by atoms with E-state index in [0.29, 0.717) is 11.3 Å². The number of halogens is 2. The first kappa shape index (κ1) is 17.5. The Morgan fingerprint density at radius 3 is 2.77 bits per heavy atom. The van der Waals surface area contributed by atoms with E-state index in [-0.39, 0.29) is 18.2 Å². The van der Waals surface area contributed by atoms with Gasteiger partial charge in [0.1, 0.15) is 12.3 Å². The van der Waals surface area contributed by atoms with Crippen molar-refractivity contribution in [1.82, 2.24) is 15.0 Å². The van der Waals surface area contributed by atoms with Gasteiger partial charge in [-0.15, -0.1) is 0 Å². The molecule has 0 saturated heterocycles. The van der Waals surface area contributed by atoms with Crippen LogP contribution in [0.1, 0.15) is 12.5 Å². The third kappa shape index (κ3) is 4.02. The van der Waals surface area contributed by atoms with Crippen LogP contribution in [-0.2, 0) is 11.3 Å². The molecule has 0 atom stereocenters. The molecule has 1 amide bonds. The number of amides is 1. The molecule has 26 heavy (non-hydrogen) atoms. The van der Waals surface area contributed by atoms with Crippen molar-refractivity contribution in [3.8, 4) is 5.75 Å². The second kappa shape index (κ2) is 7.73. The van der Waals surface area contributed by atoms with Crippen molar-refractivity contribution in [2.45, 2.75) is 20.1 Å². The Labute approximate surface area is 148 Å². The standard InChI is InChI=1S/C18H16F2N4O2/c1-12(13-6-2-5-9-16(13)26-18(19)20)22-23-17(25)10-24-11-21-14-7-3-4-8-15(14)24/h2-9,11,18H,10H2,1H3,(H,23,25)/b22-12+. The predicted molar refractivity (Wildman–Crippen MR) is 93.2 cm³/mol. The van der Waals surface area contributed by atoms with Crippen LogP contribution in [0.2, 0.25) is 0 Å². The first-order valence-electron chi connectivity index (χ1n) is 7.82. The number of nitrogens with zero attached hydrogens (tertiary/aromatic N) is 3. The lowest BCUT2D eigenvalue weighted by Gasteiger charge is -2.10. The molecule has 0 bridgehead atoms. The number of hydrogen-bond donors (Lipinski definition) is 1. The van der Waals surface area contributed by atoms with Crippen LogP contribution in [-0.4, -0.2) is 27.8 Å². The number of carbonyl (C=O) groups is 1. The number of rotatable bonds is 6. The maximum Gasteiger partial charge on any atom is 0.387 e. The Hall–Kier alpha value is -3.29. The highest BCUT2D eigenvalue weighted by molar-refractivity contribution is 6.01. The van der Waals surface area contributed by atoms with Gasteiger partial charge in [0.05, 0.1) is 23.1 Å². The Balaban J connectivity index is 1.70. The molecule has 8 heteroatoms. The first-order valence-corrected chi connectivity index (χ1v) is 7.82. The molecule has 0 radical (unpaired) electrons. The number of imidazole rings is 1. The molecule has 1 heterocycles. The summed E-state index contributed by atoms with van der Waals surface area (Å²) in [5, 5.41) is 3.98. The SMILES string of the molecule is C/C(=N\NC(=O)Cn1cnc2ccccc21)c1ccccc1OC(F)F. The van der Waals surface area contributed by atoms with Gasteiger partial charge in [0, 0.05) is 5.56 Å². The average Bonchev–Trinajstić information content (AvgIpc) is 3.03. The Morgan fingerprint density at radius 2 is 1.96 bits per heavy atom. The number of hydrogen-bond acceptors (Lipinski definition) is 4. The molecule has 6 nitrogen and oxygen atoms in total. The van der Waals surface area contributed by atoms with E-state index in [0.717, 1.165) is 11.0 Å². The van der Waals surface area contributed by atoms with Crippen molar-refractivity contribution in [2.24, 2.45) is 5.10 Å². The highest BCUT2D eigenvalue weighted by Crippen LogP contribution is 2.20. The summed E-state index contributed by atoms with van der Waals surface area (Å²) < 4.78 is 31.1. The monoisotopic (exact) mass is 358 g/mol. The zero-order valence-electron chi connectivity index (χ0n) is 13.9. The topological polar surface area (TPSA) is 68.5 Å². The predicted octanol–water partition coefficient (Wildman–Crippen LogP) is 3.18. The Morgan fingerprint density at radius 1 is 1.23 bits per heavy atom. The van der Waals surface area contributed by atoms with Crippen molar-refractivity contribution in [1.29, 1.82) is 0 Å². The second-order valence-corrected chi connectivity index (χ2v) is 5.47. The van der Waals surface area contributed by atoms with Gasteiger partial charge in [0.2, 0.25) is 0 Å². The maximum absolute atomic E-state index is 12.5. The number of aromatic nitrogens is 2. The second-order valence-electron chi connectivity index (χ2n) is 5.47. The maximum atomic E-state index is 12.5. The number of benzene rings is 2. The van der Waals surface area contributed by atoms with Crippen LogP contribution in [0, 0.1) is 0 Å². The van der Waals surface area contributed by atoms with E-state index in [9.17, 15) is 13.6 Å². The smallest absolute Gasteiger partial charge is 0.387 e. The molecule has 2 aromatic carbocycles. The summed E-state index contributed by atoms with van der Waals surface area (Å²) in [5.74, 6) is -0.363. The van der Waals surface area contributed by atoms with Crippen molar-refractivity contribution < 1.29 is 18.3 Å². The molecular weight excluding hydrogens is 342 g/mol. The van der Waals surface area contributed by atoms with E-state index >= 15 is 0 Å². The van der Waals surface area contributed by atoms with Crippen LogP contribution in [0.15, 0.2) is 60.0 Å². The summed E-state index contributed by atoms with van der Waals surface area (Å²) in [6.45, 7) is -1.31. The Kier molecular flexibility index (Phi) is 5.21. The molecular formula is C18H16F2N4O2. The van der Waals surface area contributed by atoms with Crippen LogP contribution >= 0.6 is 0 Å². The van der Waals surface area contributed by atoms with Gasteiger partial charge in [0.25, 0.3) is 5.91 Å². The number of fused-ring (bicyclic) bond motifs is 1. The Bertz CT molecular complexity index is 953. The molecule has 3 rings (SSSR count). The van der Waals surface area contributed by atoms with Crippen molar-refractivity contribution >= 4 is 22.7 Å². The third-order valence-electron chi connectivity index (χ3n) is 3.68. The van der Waals surface area contributed by atoms with Crippen LogP contribution in [0.25, 0.3) is 11.0 Å². The summed E-state index contributed by atoms with van der Waals surface area (Å²) in [7, 11) is 0. The van der Waals surface area contributed by atoms with Crippen LogP contribution in [0.4, 0.5) is 8.78 Å². The van der Waals surface area contributed by atoms with Crippen molar-refractivity contribution in [2.75, 3.05) is 0 Å². The number of hydrazone groups is 1. The van der Waals surface area contributed by atoms with Gasteiger partial charge in [0.15, 0.2) is 0 Å². The minimum absolute atomic E-state index is 0.00129. The molecule has 0 unspecified atom stereocenters. The molecule has 0 spiro atoms. The van der Waals surface area contributed by atoms with Gasteiger partial charge in [-0.3, -0.25) is 4.79 Å². The lowest BCUT2D eigenvalue weighted by Crippen LogP contribution is -2.24. The zero-order valence-corrected chi connectivity index (χ0v) is 13.9. The van der Waals surface area contributed by atoms with Crippen molar-refractivity contribution in [3.63, 3.8) is 0 Å². The summed E-state index contributed by atoms with van der Waals surface area (Å²) in [6, 6.07) is 13.7. The van der Waals surface area contributed by atoms with Gasteiger partial charge >= 0.3 is 6.61 Å². The van der Waals surface area contributed by atoms with Gasteiger partial charge < -0.3 is 9.30 Å². The van der Waals surface area contributed by atoms with E-state index in [2.05, 4.69) is 20.2 Å². The molecule has 1 N–H and O–H groups in total. The molecule has 0 fully saturated rings. The van der Waals surface area contributed by atoms with Gasteiger partial charge in [-0.05, 0) is 31.2 Å². The summed E-state index contributed by atoms with van der Waals surface area (Å²) in [6.07, 6.45) is 1.58. The largest absolute Gasteiger partial charge is 0.434 e.